The quantitative estimate of drug-likeness (QED) is 0.453. The van der Waals surface area contributed by atoms with Crippen molar-refractivity contribution in [3.8, 4) is 22.5 Å². The molecule has 162 valence electrons. The van der Waals surface area contributed by atoms with Gasteiger partial charge in [0.25, 0.3) is 0 Å². The molecule has 3 rings (SSSR count). The van der Waals surface area contributed by atoms with E-state index in [-0.39, 0.29) is 41.8 Å². The van der Waals surface area contributed by atoms with Crippen LogP contribution in [0.5, 0.6) is 0 Å². The van der Waals surface area contributed by atoms with Gasteiger partial charge in [0.05, 0.1) is 23.6 Å². The van der Waals surface area contributed by atoms with E-state index in [9.17, 15) is 28.9 Å². The summed E-state index contributed by atoms with van der Waals surface area (Å²) in [6.07, 6.45) is -0.190. The first-order valence-corrected chi connectivity index (χ1v) is 9.59. The van der Waals surface area contributed by atoms with E-state index >= 15 is 0 Å². The van der Waals surface area contributed by atoms with Gasteiger partial charge in [0.2, 0.25) is 0 Å². The number of benzene rings is 2. The zero-order chi connectivity index (χ0) is 22.5. The fourth-order valence-electron chi connectivity index (χ4n) is 3.24. The molecule has 2 N–H and O–H groups in total. The Bertz CT molecular complexity index is 1080. The maximum atomic E-state index is 13.5. The molecular formula is C23H21F2N2NaO4. The third kappa shape index (κ3) is 6.57. The molecule has 0 aliphatic rings. The molecule has 6 nitrogen and oxygen atoms in total. The monoisotopic (exact) mass is 450 g/mol. The summed E-state index contributed by atoms with van der Waals surface area (Å²) in [6.45, 7) is 1.74. The third-order valence-electron chi connectivity index (χ3n) is 4.70. The van der Waals surface area contributed by atoms with Crippen LogP contribution in [0.15, 0.2) is 54.6 Å². The molecule has 0 aliphatic carbocycles. The molecule has 0 unspecified atom stereocenters. The number of aryl methyl sites for hydroxylation is 1. The molecule has 0 saturated carbocycles. The first-order valence-electron chi connectivity index (χ1n) is 9.59. The molecule has 3 aromatic rings. The molecule has 2 atom stereocenters. The van der Waals surface area contributed by atoms with Crippen molar-refractivity contribution < 1.29 is 58.5 Å². The summed E-state index contributed by atoms with van der Waals surface area (Å²) < 4.78 is 28.5. The summed E-state index contributed by atoms with van der Waals surface area (Å²) in [6, 6.07) is 11.6. The minimum Gasteiger partial charge on any atom is -0.550 e. The van der Waals surface area contributed by atoms with Crippen molar-refractivity contribution in [2.45, 2.75) is 32.0 Å². The van der Waals surface area contributed by atoms with Crippen molar-refractivity contribution in [3.05, 3.63) is 72.1 Å². The smallest absolute Gasteiger partial charge is 0.550 e. The molecule has 0 amide bonds. The van der Waals surface area contributed by atoms with Crippen LogP contribution in [-0.4, -0.2) is 37.9 Å². The zero-order valence-electron chi connectivity index (χ0n) is 17.7. The Labute approximate surface area is 206 Å². The van der Waals surface area contributed by atoms with Gasteiger partial charge < -0.3 is 24.7 Å². The van der Waals surface area contributed by atoms with Gasteiger partial charge >= 0.3 is 29.6 Å². The molecule has 0 spiro atoms. The third-order valence-corrected chi connectivity index (χ3v) is 4.70. The minimum absolute atomic E-state index is 0. The fourth-order valence-corrected chi connectivity index (χ4v) is 3.24. The Morgan fingerprint density at radius 3 is 2.12 bits per heavy atom. The van der Waals surface area contributed by atoms with Crippen LogP contribution in [0.2, 0.25) is 0 Å². The van der Waals surface area contributed by atoms with E-state index in [0.29, 0.717) is 28.3 Å². The number of aliphatic hydroxyl groups excluding tert-OH is 2. The van der Waals surface area contributed by atoms with Gasteiger partial charge in [-0.05, 0) is 61.5 Å². The SMILES string of the molecule is Cc1nc(-c2ccc(F)cc2)c(-c2ccc(F)cc2)n1/C=C/[C@@H](O)C[C@@H](O)CC(=O)[O-].[Na+]. The molecule has 0 aliphatic heterocycles. The number of carbonyl (C=O) groups is 1. The van der Waals surface area contributed by atoms with E-state index in [0.717, 1.165) is 0 Å². The predicted molar refractivity (Wildman–Crippen MR) is 109 cm³/mol. The van der Waals surface area contributed by atoms with E-state index in [2.05, 4.69) is 4.98 Å². The summed E-state index contributed by atoms with van der Waals surface area (Å²) in [4.78, 5) is 15.1. The van der Waals surface area contributed by atoms with Crippen LogP contribution in [0.4, 0.5) is 8.78 Å². The first-order chi connectivity index (χ1) is 14.7. The molecule has 1 heterocycles. The molecule has 32 heavy (non-hydrogen) atoms. The van der Waals surface area contributed by atoms with Crippen LogP contribution < -0.4 is 34.7 Å². The average molecular weight is 450 g/mol. The van der Waals surface area contributed by atoms with Crippen LogP contribution in [0.3, 0.4) is 0 Å². The molecule has 0 saturated heterocycles. The van der Waals surface area contributed by atoms with Gasteiger partial charge in [-0.1, -0.05) is 0 Å². The van der Waals surface area contributed by atoms with Crippen molar-refractivity contribution >= 4 is 12.2 Å². The molecule has 0 bridgehead atoms. The van der Waals surface area contributed by atoms with Crippen LogP contribution >= 0.6 is 0 Å². The Balaban J connectivity index is 0.00000363. The van der Waals surface area contributed by atoms with E-state index in [1.165, 1.54) is 30.3 Å². The second kappa shape index (κ2) is 11.5. The van der Waals surface area contributed by atoms with Crippen molar-refractivity contribution in [2.24, 2.45) is 0 Å². The number of aromatic nitrogens is 2. The zero-order valence-corrected chi connectivity index (χ0v) is 19.7. The Hall–Kier alpha value is -2.36. The topological polar surface area (TPSA) is 98.4 Å². The summed E-state index contributed by atoms with van der Waals surface area (Å²) in [5.74, 6) is -1.64. The Morgan fingerprint density at radius 1 is 1.06 bits per heavy atom. The average Bonchev–Trinajstić information content (AvgIpc) is 3.03. The number of carboxylic acids is 1. The number of rotatable bonds is 8. The number of carbonyl (C=O) groups excluding carboxylic acids is 1. The molecule has 0 fully saturated rings. The van der Waals surface area contributed by atoms with Gasteiger partial charge in [0.1, 0.15) is 17.5 Å². The fraction of sp³-hybridized carbons (Fsp3) is 0.217. The number of carboxylic acid groups (broad SMARTS) is 1. The van der Waals surface area contributed by atoms with Gasteiger partial charge in [-0.25, -0.2) is 13.8 Å². The van der Waals surface area contributed by atoms with Crippen molar-refractivity contribution in [3.63, 3.8) is 0 Å². The minimum atomic E-state index is -1.41. The molecular weight excluding hydrogens is 429 g/mol. The largest absolute Gasteiger partial charge is 1.00 e. The van der Waals surface area contributed by atoms with Crippen molar-refractivity contribution in [1.29, 1.82) is 0 Å². The van der Waals surface area contributed by atoms with Crippen molar-refractivity contribution in [1.82, 2.24) is 9.55 Å². The van der Waals surface area contributed by atoms with E-state index in [4.69, 9.17) is 0 Å². The Morgan fingerprint density at radius 2 is 1.59 bits per heavy atom. The number of imidazole rings is 1. The summed E-state index contributed by atoms with van der Waals surface area (Å²) in [7, 11) is 0. The number of hydrogen-bond donors (Lipinski definition) is 2. The van der Waals surface area contributed by atoms with E-state index < -0.39 is 30.4 Å². The summed E-state index contributed by atoms with van der Waals surface area (Å²) in [5.41, 5.74) is 2.45. The first kappa shape index (κ1) is 25.9. The molecule has 2 aromatic carbocycles. The number of nitrogens with zero attached hydrogens (tertiary/aromatic N) is 2. The Kier molecular flexibility index (Phi) is 9.30. The molecule has 9 heteroatoms. The second-order valence-electron chi connectivity index (χ2n) is 7.11. The van der Waals surface area contributed by atoms with Crippen molar-refractivity contribution in [2.75, 3.05) is 0 Å². The summed E-state index contributed by atoms with van der Waals surface area (Å²) in [5, 5.41) is 30.4. The van der Waals surface area contributed by atoms with Crippen LogP contribution in [0.1, 0.15) is 18.7 Å². The van der Waals surface area contributed by atoms with Gasteiger partial charge in [-0.15, -0.1) is 0 Å². The maximum absolute atomic E-state index is 13.5. The van der Waals surface area contributed by atoms with Crippen LogP contribution in [0, 0.1) is 18.6 Å². The van der Waals surface area contributed by atoms with Gasteiger partial charge in [0, 0.05) is 36.1 Å². The summed E-state index contributed by atoms with van der Waals surface area (Å²) >= 11 is 0. The number of aliphatic hydroxyl groups is 2. The van der Waals surface area contributed by atoms with E-state index in [1.54, 1.807) is 42.0 Å². The maximum Gasteiger partial charge on any atom is 1.00 e. The molecule has 0 radical (unpaired) electrons. The second-order valence-corrected chi connectivity index (χ2v) is 7.11. The van der Waals surface area contributed by atoms with Gasteiger partial charge in [-0.2, -0.15) is 0 Å². The van der Waals surface area contributed by atoms with Gasteiger partial charge in [-0.3, -0.25) is 0 Å². The van der Waals surface area contributed by atoms with E-state index in [1.807, 2.05) is 0 Å². The van der Waals surface area contributed by atoms with Crippen LogP contribution in [0.25, 0.3) is 28.7 Å². The predicted octanol–water partition coefficient (Wildman–Crippen LogP) is -0.470. The number of aliphatic carboxylic acids is 1. The number of hydrogen-bond acceptors (Lipinski definition) is 5. The number of halogens is 2. The van der Waals surface area contributed by atoms with Gasteiger partial charge in [0.15, 0.2) is 0 Å². The normalized spacial score (nSPS) is 13.0. The molecule has 1 aromatic heterocycles. The van der Waals surface area contributed by atoms with Crippen LogP contribution in [-0.2, 0) is 4.79 Å². The standard InChI is InChI=1S/C23H22F2N2O4.Na/c1-14-26-22(15-2-6-17(24)7-3-15)23(16-4-8-18(25)9-5-16)27(14)11-10-19(28)12-20(29)13-21(30)31;/h2-11,19-20,28-29H,12-13H2,1H3,(H,30,31);/q;+1/p-1/b11-10+;/t19-,20-;/m1./s1.